The Balaban J connectivity index is 1.76. The zero-order valence-corrected chi connectivity index (χ0v) is 14.8. The Hall–Kier alpha value is -1.91. The van der Waals surface area contributed by atoms with Crippen LogP contribution in [0.1, 0.15) is 73.8 Å². The maximum absolute atomic E-state index is 12.3. The number of pyridine rings is 1. The molecule has 1 heterocycles. The molecule has 3 rings (SSSR count). The number of ether oxygens (including phenoxy) is 2. The van der Waals surface area contributed by atoms with Crippen LogP contribution in [0.2, 0.25) is 0 Å². The Labute approximate surface area is 142 Å². The summed E-state index contributed by atoms with van der Waals surface area (Å²) in [6.07, 6.45) is 2.90. The van der Waals surface area contributed by atoms with Crippen LogP contribution in [0, 0.1) is 5.92 Å². The summed E-state index contributed by atoms with van der Waals surface area (Å²) in [6, 6.07) is 2.05. The highest BCUT2D eigenvalue weighted by atomic mass is 16.6. The largest absolute Gasteiger partial charge is 0.461 e. The number of carbonyl (C=O) groups excluding carboxylic acids is 2. The molecule has 0 aliphatic heterocycles. The molecule has 1 fully saturated rings. The third-order valence-corrected chi connectivity index (χ3v) is 4.45. The van der Waals surface area contributed by atoms with Crippen molar-refractivity contribution in [2.24, 2.45) is 5.92 Å². The minimum atomic E-state index is -0.486. The number of esters is 2. The fraction of sp³-hybridized carbons (Fsp3) is 0.632. The average molecular weight is 331 g/mol. The molecule has 2 aliphatic carbocycles. The van der Waals surface area contributed by atoms with Gasteiger partial charge in [-0.25, -0.2) is 9.78 Å². The molecule has 0 amide bonds. The first-order valence-corrected chi connectivity index (χ1v) is 8.70. The van der Waals surface area contributed by atoms with Crippen molar-refractivity contribution in [2.45, 2.75) is 64.9 Å². The van der Waals surface area contributed by atoms with Crippen molar-refractivity contribution >= 4 is 11.9 Å². The molecule has 0 aromatic carbocycles. The Morgan fingerprint density at radius 3 is 2.75 bits per heavy atom. The van der Waals surface area contributed by atoms with Crippen molar-refractivity contribution in [3.05, 3.63) is 28.6 Å². The van der Waals surface area contributed by atoms with E-state index in [1.807, 2.05) is 20.8 Å². The van der Waals surface area contributed by atoms with E-state index in [1.54, 1.807) is 6.92 Å². The zero-order valence-electron chi connectivity index (χ0n) is 14.8. The Morgan fingerprint density at radius 2 is 2.08 bits per heavy atom. The van der Waals surface area contributed by atoms with E-state index in [1.165, 1.54) is 5.56 Å². The first kappa shape index (κ1) is 16.9. The molecule has 5 nitrogen and oxygen atoms in total. The Kier molecular flexibility index (Phi) is 4.37. The highest BCUT2D eigenvalue weighted by Crippen LogP contribution is 2.57. The first-order chi connectivity index (χ1) is 11.3. The van der Waals surface area contributed by atoms with Crippen molar-refractivity contribution in [3.8, 4) is 0 Å². The van der Waals surface area contributed by atoms with Gasteiger partial charge in [-0.1, -0.05) is 0 Å². The van der Waals surface area contributed by atoms with Gasteiger partial charge in [0.05, 0.1) is 13.0 Å². The summed E-state index contributed by atoms with van der Waals surface area (Å²) < 4.78 is 10.5. The second-order valence-corrected chi connectivity index (χ2v) is 7.65. The molecule has 1 aromatic heterocycles. The van der Waals surface area contributed by atoms with Gasteiger partial charge in [0.1, 0.15) is 5.60 Å². The number of rotatable bonds is 5. The number of hydrogen-bond donors (Lipinski definition) is 0. The summed E-state index contributed by atoms with van der Waals surface area (Å²) in [6.45, 7) is 7.69. The molecular weight excluding hydrogens is 306 g/mol. The lowest BCUT2D eigenvalue weighted by atomic mass is 10.0. The second kappa shape index (κ2) is 6.19. The number of fused-ring (bicyclic) bond motifs is 3. The minimum absolute atomic E-state index is 0.245. The smallest absolute Gasteiger partial charge is 0.357 e. The van der Waals surface area contributed by atoms with Gasteiger partial charge in [-0.05, 0) is 69.6 Å². The van der Waals surface area contributed by atoms with E-state index < -0.39 is 5.60 Å². The topological polar surface area (TPSA) is 65.5 Å². The summed E-state index contributed by atoms with van der Waals surface area (Å²) in [4.78, 5) is 28.7. The molecule has 2 atom stereocenters. The van der Waals surface area contributed by atoms with Crippen LogP contribution >= 0.6 is 0 Å². The van der Waals surface area contributed by atoms with Crippen molar-refractivity contribution < 1.29 is 19.1 Å². The second-order valence-electron chi connectivity index (χ2n) is 7.65. The highest BCUT2D eigenvalue weighted by Gasteiger charge is 2.48. The van der Waals surface area contributed by atoms with E-state index in [0.29, 0.717) is 30.6 Å². The van der Waals surface area contributed by atoms with Gasteiger partial charge in [0.25, 0.3) is 0 Å². The Bertz CT molecular complexity index is 675. The lowest BCUT2D eigenvalue weighted by molar-refractivity contribution is -0.154. The quantitative estimate of drug-likeness (QED) is 0.775. The molecule has 1 unspecified atom stereocenters. The van der Waals surface area contributed by atoms with Crippen LogP contribution in [0.4, 0.5) is 0 Å². The summed E-state index contributed by atoms with van der Waals surface area (Å²) >= 11 is 0. The Morgan fingerprint density at radius 1 is 1.33 bits per heavy atom. The SMILES string of the molecule is CCOC(=O)c1nc(CCC(=O)OC(C)(C)C)cc2c1[C@@H]1CC1C2. The van der Waals surface area contributed by atoms with Crippen LogP contribution in [0.3, 0.4) is 0 Å². The van der Waals surface area contributed by atoms with Crippen LogP contribution in [0.5, 0.6) is 0 Å². The van der Waals surface area contributed by atoms with Gasteiger partial charge in [-0.3, -0.25) is 4.79 Å². The number of hydrogen-bond acceptors (Lipinski definition) is 5. The lowest BCUT2D eigenvalue weighted by Crippen LogP contribution is -2.24. The zero-order chi connectivity index (χ0) is 17.5. The molecule has 0 bridgehead atoms. The van der Waals surface area contributed by atoms with Gasteiger partial charge >= 0.3 is 11.9 Å². The molecule has 2 aliphatic rings. The van der Waals surface area contributed by atoms with Crippen molar-refractivity contribution in [1.82, 2.24) is 4.98 Å². The summed E-state index contributed by atoms with van der Waals surface area (Å²) in [7, 11) is 0. The number of aryl methyl sites for hydroxylation is 1. The van der Waals surface area contributed by atoms with Crippen LogP contribution in [0.15, 0.2) is 6.07 Å². The van der Waals surface area contributed by atoms with Crippen LogP contribution in [-0.2, 0) is 27.1 Å². The van der Waals surface area contributed by atoms with Crippen molar-refractivity contribution in [2.75, 3.05) is 6.61 Å². The summed E-state index contributed by atoms with van der Waals surface area (Å²) in [5.74, 6) is 0.550. The van der Waals surface area contributed by atoms with Gasteiger partial charge in [-0.2, -0.15) is 0 Å². The van der Waals surface area contributed by atoms with E-state index in [2.05, 4.69) is 11.1 Å². The van der Waals surface area contributed by atoms with Gasteiger partial charge < -0.3 is 9.47 Å². The van der Waals surface area contributed by atoms with Crippen molar-refractivity contribution in [1.29, 1.82) is 0 Å². The van der Waals surface area contributed by atoms with Gasteiger partial charge in [0.2, 0.25) is 0 Å². The normalized spacial score (nSPS) is 21.0. The maximum atomic E-state index is 12.3. The number of aromatic nitrogens is 1. The molecule has 0 N–H and O–H groups in total. The van der Waals surface area contributed by atoms with E-state index in [0.717, 1.165) is 24.1 Å². The van der Waals surface area contributed by atoms with Gasteiger partial charge in [-0.15, -0.1) is 0 Å². The van der Waals surface area contributed by atoms with Crippen LogP contribution < -0.4 is 0 Å². The predicted octanol–water partition coefficient (Wildman–Crippen LogP) is 3.19. The molecule has 0 spiro atoms. The van der Waals surface area contributed by atoms with E-state index in [9.17, 15) is 9.59 Å². The fourth-order valence-corrected chi connectivity index (χ4v) is 3.46. The predicted molar refractivity (Wildman–Crippen MR) is 88.9 cm³/mol. The van der Waals surface area contributed by atoms with Crippen molar-refractivity contribution in [3.63, 3.8) is 0 Å². The van der Waals surface area contributed by atoms with E-state index in [4.69, 9.17) is 9.47 Å². The summed E-state index contributed by atoms with van der Waals surface area (Å²) in [5, 5.41) is 0. The molecule has 0 radical (unpaired) electrons. The molecule has 24 heavy (non-hydrogen) atoms. The number of carbonyl (C=O) groups is 2. The molecule has 5 heteroatoms. The van der Waals surface area contributed by atoms with Gasteiger partial charge in [0.15, 0.2) is 5.69 Å². The average Bonchev–Trinajstić information content (AvgIpc) is 3.14. The minimum Gasteiger partial charge on any atom is -0.461 e. The third kappa shape index (κ3) is 3.60. The molecule has 0 saturated heterocycles. The standard InChI is InChI=1S/C19H25NO4/c1-5-23-18(22)17-16-12(8-11-10-14(11)16)9-13(20-17)6-7-15(21)24-19(2,3)4/h9,11,14H,5-8,10H2,1-4H3/t11?,14-/m1/s1. The first-order valence-electron chi connectivity index (χ1n) is 8.70. The lowest BCUT2D eigenvalue weighted by Gasteiger charge is -2.19. The van der Waals surface area contributed by atoms with Crippen LogP contribution in [-0.4, -0.2) is 29.1 Å². The highest BCUT2D eigenvalue weighted by molar-refractivity contribution is 5.90. The third-order valence-electron chi connectivity index (χ3n) is 4.45. The van der Waals surface area contributed by atoms with Gasteiger partial charge in [0, 0.05) is 12.1 Å². The maximum Gasteiger partial charge on any atom is 0.357 e. The summed E-state index contributed by atoms with van der Waals surface area (Å²) in [5.41, 5.74) is 3.02. The van der Waals surface area contributed by atoms with E-state index in [-0.39, 0.29) is 18.4 Å². The van der Waals surface area contributed by atoms with Crippen LogP contribution in [0.25, 0.3) is 0 Å². The number of nitrogens with zero attached hydrogens (tertiary/aromatic N) is 1. The molecule has 1 saturated carbocycles. The monoisotopic (exact) mass is 331 g/mol. The molecular formula is C19H25NO4. The van der Waals surface area contributed by atoms with E-state index >= 15 is 0 Å². The fourth-order valence-electron chi connectivity index (χ4n) is 3.46. The molecule has 1 aromatic rings. The molecule has 130 valence electrons.